The summed E-state index contributed by atoms with van der Waals surface area (Å²) < 4.78 is 9.46. The van der Waals surface area contributed by atoms with Gasteiger partial charge in [0, 0.05) is 5.56 Å². The van der Waals surface area contributed by atoms with Crippen molar-refractivity contribution in [3.63, 3.8) is 0 Å². The summed E-state index contributed by atoms with van der Waals surface area (Å²) in [6.45, 7) is 3.68. The topological polar surface area (TPSA) is 69.7 Å². The molecule has 2 aromatic rings. The highest BCUT2D eigenvalue weighted by Gasteiger charge is 2.21. The Morgan fingerprint density at radius 2 is 1.67 bits per heavy atom. The molecule has 5 heteroatoms. The van der Waals surface area contributed by atoms with E-state index >= 15 is 0 Å². The van der Waals surface area contributed by atoms with Gasteiger partial charge in [-0.25, -0.2) is 9.59 Å². The van der Waals surface area contributed by atoms with E-state index in [-0.39, 0.29) is 12.2 Å². The third kappa shape index (κ3) is 3.68. The molecule has 0 unspecified atom stereocenters. The molecule has 0 fully saturated rings. The van der Waals surface area contributed by atoms with E-state index in [2.05, 4.69) is 4.74 Å². The normalized spacial score (nSPS) is 10.1. The van der Waals surface area contributed by atoms with Crippen LogP contribution < -0.4 is 0 Å². The minimum atomic E-state index is -0.881. The maximum Gasteiger partial charge on any atom is 0.379 e. The van der Waals surface area contributed by atoms with Crippen molar-refractivity contribution < 1.29 is 23.9 Å². The van der Waals surface area contributed by atoms with Crippen LogP contribution in [0.4, 0.5) is 0 Å². The Morgan fingerprint density at radius 3 is 2.25 bits per heavy atom. The lowest BCUT2D eigenvalue weighted by molar-refractivity contribution is -0.137. The van der Waals surface area contributed by atoms with E-state index in [4.69, 9.17) is 4.74 Å². The summed E-state index contributed by atoms with van der Waals surface area (Å²) in [5, 5.41) is 0. The van der Waals surface area contributed by atoms with Crippen molar-refractivity contribution in [2.75, 3.05) is 13.7 Å². The Hall–Kier alpha value is -2.95. The quantitative estimate of drug-likeness (QED) is 0.479. The lowest BCUT2D eigenvalue weighted by Crippen LogP contribution is -2.18. The van der Waals surface area contributed by atoms with Crippen molar-refractivity contribution in [2.24, 2.45) is 0 Å². The van der Waals surface area contributed by atoms with Crippen molar-refractivity contribution in [3.8, 4) is 11.1 Å². The molecular weight excluding hydrogens is 308 g/mol. The summed E-state index contributed by atoms with van der Waals surface area (Å²) >= 11 is 0. The van der Waals surface area contributed by atoms with Gasteiger partial charge in [0.25, 0.3) is 5.78 Å². The Balaban J connectivity index is 2.46. The fourth-order valence-electron chi connectivity index (χ4n) is 2.31. The average Bonchev–Trinajstić information content (AvgIpc) is 2.60. The standard InChI is InChI=1S/C19H18O5/c1-4-24-19(22)17(20)15-10-5-12(2)11-16(15)13-6-8-14(9-7-13)18(21)23-3/h5-11H,4H2,1-3H3. The van der Waals surface area contributed by atoms with Crippen molar-refractivity contribution in [1.29, 1.82) is 0 Å². The van der Waals surface area contributed by atoms with Gasteiger partial charge in [0.15, 0.2) is 0 Å². The second kappa shape index (κ2) is 7.55. The molecule has 0 aliphatic carbocycles. The van der Waals surface area contributed by atoms with Gasteiger partial charge in [-0.1, -0.05) is 29.8 Å². The third-order valence-corrected chi connectivity index (χ3v) is 3.50. The van der Waals surface area contributed by atoms with Gasteiger partial charge < -0.3 is 9.47 Å². The molecule has 2 aromatic carbocycles. The van der Waals surface area contributed by atoms with Gasteiger partial charge in [0.1, 0.15) is 0 Å². The van der Waals surface area contributed by atoms with E-state index in [1.807, 2.05) is 13.0 Å². The number of aryl methyl sites for hydroxylation is 1. The summed E-state index contributed by atoms with van der Waals surface area (Å²) in [5.41, 5.74) is 2.96. The van der Waals surface area contributed by atoms with Gasteiger partial charge in [-0.05, 0) is 43.2 Å². The smallest absolute Gasteiger partial charge is 0.379 e. The second-order valence-corrected chi connectivity index (χ2v) is 5.17. The molecule has 0 bridgehead atoms. The minimum absolute atomic E-state index is 0.138. The monoisotopic (exact) mass is 326 g/mol. The third-order valence-electron chi connectivity index (χ3n) is 3.50. The Labute approximate surface area is 140 Å². The van der Waals surface area contributed by atoms with Crippen LogP contribution in [0.15, 0.2) is 42.5 Å². The highest BCUT2D eigenvalue weighted by Crippen LogP contribution is 2.26. The van der Waals surface area contributed by atoms with Crippen molar-refractivity contribution in [1.82, 2.24) is 0 Å². The first kappa shape index (κ1) is 17.4. The predicted octanol–water partition coefficient (Wildman–Crippen LogP) is 3.19. The lowest BCUT2D eigenvalue weighted by Gasteiger charge is -2.10. The summed E-state index contributed by atoms with van der Waals surface area (Å²) in [5.74, 6) is -2.01. The SMILES string of the molecule is CCOC(=O)C(=O)c1ccc(C)cc1-c1ccc(C(=O)OC)cc1. The summed E-state index contributed by atoms with van der Waals surface area (Å²) in [7, 11) is 1.31. The van der Waals surface area contributed by atoms with Gasteiger partial charge in [0.05, 0.1) is 19.3 Å². The molecule has 0 aliphatic rings. The molecule has 0 aromatic heterocycles. The van der Waals surface area contributed by atoms with Crippen LogP contribution in [0.5, 0.6) is 0 Å². The molecule has 0 radical (unpaired) electrons. The number of ketones is 1. The van der Waals surface area contributed by atoms with Crippen molar-refractivity contribution >= 4 is 17.7 Å². The van der Waals surface area contributed by atoms with Crippen LogP contribution in [0.3, 0.4) is 0 Å². The number of ether oxygens (including phenoxy) is 2. The zero-order chi connectivity index (χ0) is 17.7. The fraction of sp³-hybridized carbons (Fsp3) is 0.211. The van der Waals surface area contributed by atoms with Crippen molar-refractivity contribution in [2.45, 2.75) is 13.8 Å². The zero-order valence-electron chi connectivity index (χ0n) is 13.8. The second-order valence-electron chi connectivity index (χ2n) is 5.17. The van der Waals surface area contributed by atoms with E-state index < -0.39 is 17.7 Å². The van der Waals surface area contributed by atoms with Gasteiger partial charge in [0.2, 0.25) is 0 Å². The molecule has 5 nitrogen and oxygen atoms in total. The number of rotatable bonds is 5. The van der Waals surface area contributed by atoms with E-state index in [1.165, 1.54) is 7.11 Å². The molecule has 0 spiro atoms. The van der Waals surface area contributed by atoms with Crippen LogP contribution in [0.2, 0.25) is 0 Å². The molecule has 0 aliphatic heterocycles. The fourth-order valence-corrected chi connectivity index (χ4v) is 2.31. The van der Waals surface area contributed by atoms with Crippen LogP contribution in [0.1, 0.15) is 33.2 Å². The first-order valence-electron chi connectivity index (χ1n) is 7.48. The Kier molecular flexibility index (Phi) is 5.47. The molecule has 0 atom stereocenters. The highest BCUT2D eigenvalue weighted by molar-refractivity contribution is 6.41. The molecule has 0 amide bonds. The van der Waals surface area contributed by atoms with Crippen LogP contribution in [-0.2, 0) is 14.3 Å². The number of carbonyl (C=O) groups is 3. The van der Waals surface area contributed by atoms with E-state index in [9.17, 15) is 14.4 Å². The van der Waals surface area contributed by atoms with Crippen LogP contribution >= 0.6 is 0 Å². The highest BCUT2D eigenvalue weighted by atomic mass is 16.5. The number of carbonyl (C=O) groups excluding carboxylic acids is 3. The van der Waals surface area contributed by atoms with Crippen LogP contribution in [0.25, 0.3) is 11.1 Å². The van der Waals surface area contributed by atoms with Crippen LogP contribution in [-0.4, -0.2) is 31.4 Å². The van der Waals surface area contributed by atoms with E-state index in [0.717, 1.165) is 11.1 Å². The molecular formula is C19H18O5. The Morgan fingerprint density at radius 1 is 1.00 bits per heavy atom. The number of methoxy groups -OCH3 is 1. The number of benzene rings is 2. The Bertz CT molecular complexity index is 775. The number of hydrogen-bond donors (Lipinski definition) is 0. The molecule has 2 rings (SSSR count). The van der Waals surface area contributed by atoms with Gasteiger partial charge in [-0.15, -0.1) is 0 Å². The molecule has 0 N–H and O–H groups in total. The molecule has 0 saturated carbocycles. The van der Waals surface area contributed by atoms with E-state index in [0.29, 0.717) is 11.1 Å². The summed E-state index contributed by atoms with van der Waals surface area (Å²) in [4.78, 5) is 35.6. The molecule has 24 heavy (non-hydrogen) atoms. The maximum absolute atomic E-state index is 12.3. The maximum atomic E-state index is 12.3. The minimum Gasteiger partial charge on any atom is -0.465 e. The lowest BCUT2D eigenvalue weighted by atomic mass is 9.94. The molecule has 0 heterocycles. The first-order valence-corrected chi connectivity index (χ1v) is 7.48. The number of esters is 2. The van der Waals surface area contributed by atoms with Crippen molar-refractivity contribution in [3.05, 3.63) is 59.2 Å². The van der Waals surface area contributed by atoms with Gasteiger partial charge in [-0.2, -0.15) is 0 Å². The predicted molar refractivity (Wildman–Crippen MR) is 88.9 cm³/mol. The van der Waals surface area contributed by atoms with Gasteiger partial charge in [-0.3, -0.25) is 4.79 Å². The van der Waals surface area contributed by atoms with Crippen LogP contribution in [0, 0.1) is 6.92 Å². The average molecular weight is 326 g/mol. The van der Waals surface area contributed by atoms with E-state index in [1.54, 1.807) is 43.3 Å². The summed E-state index contributed by atoms with van der Waals surface area (Å²) in [6.07, 6.45) is 0. The largest absolute Gasteiger partial charge is 0.465 e. The summed E-state index contributed by atoms with van der Waals surface area (Å²) in [6, 6.07) is 11.8. The number of hydrogen-bond acceptors (Lipinski definition) is 5. The molecule has 124 valence electrons. The molecule has 0 saturated heterocycles. The van der Waals surface area contributed by atoms with Gasteiger partial charge >= 0.3 is 11.9 Å². The zero-order valence-corrected chi connectivity index (χ0v) is 13.8. The number of Topliss-reactive ketones (excluding diaryl/α,β-unsaturated/α-hetero) is 1. The first-order chi connectivity index (χ1) is 11.5.